The highest BCUT2D eigenvalue weighted by atomic mass is 32.1. The number of rotatable bonds is 3. The third-order valence-electron chi connectivity index (χ3n) is 2.39. The molecule has 0 bridgehead atoms. The van der Waals surface area contributed by atoms with Gasteiger partial charge in [0.25, 0.3) is 0 Å². The van der Waals surface area contributed by atoms with Crippen LogP contribution in [0.5, 0.6) is 0 Å². The number of aryl methyl sites for hydroxylation is 1. The van der Waals surface area contributed by atoms with E-state index in [4.69, 9.17) is 0 Å². The molecule has 2 heteroatoms. The van der Waals surface area contributed by atoms with Crippen LogP contribution < -0.4 is 0 Å². The van der Waals surface area contributed by atoms with Gasteiger partial charge in [-0.05, 0) is 42.7 Å². The van der Waals surface area contributed by atoms with Crippen LogP contribution in [-0.4, -0.2) is 11.2 Å². The quantitative estimate of drug-likeness (QED) is 0.791. The second kappa shape index (κ2) is 3.81. The Kier molecular flexibility index (Phi) is 3.14. The standard InChI is InChI=1S/C11H18OS/c1-8(12)7-11(3,4)10-5-6-13-9(10)2/h5-6,8,12H,7H2,1-4H3. The Hall–Kier alpha value is -0.340. The number of hydrogen-bond acceptors (Lipinski definition) is 2. The Morgan fingerprint density at radius 3 is 2.54 bits per heavy atom. The van der Waals surface area contributed by atoms with Crippen molar-refractivity contribution in [2.24, 2.45) is 0 Å². The molecule has 1 nitrogen and oxygen atoms in total. The summed E-state index contributed by atoms with van der Waals surface area (Å²) in [4.78, 5) is 1.37. The van der Waals surface area contributed by atoms with E-state index in [0.29, 0.717) is 0 Å². The van der Waals surface area contributed by atoms with Crippen molar-refractivity contribution in [3.8, 4) is 0 Å². The molecular weight excluding hydrogens is 180 g/mol. The van der Waals surface area contributed by atoms with Crippen LogP contribution in [-0.2, 0) is 5.41 Å². The van der Waals surface area contributed by atoms with Crippen LogP contribution in [0.4, 0.5) is 0 Å². The minimum atomic E-state index is -0.228. The van der Waals surface area contributed by atoms with E-state index in [1.54, 1.807) is 11.3 Å². The normalized spacial score (nSPS) is 14.5. The van der Waals surface area contributed by atoms with Crippen molar-refractivity contribution in [2.75, 3.05) is 0 Å². The van der Waals surface area contributed by atoms with E-state index < -0.39 is 0 Å². The molecule has 0 aliphatic heterocycles. The summed E-state index contributed by atoms with van der Waals surface area (Å²) in [6, 6.07) is 2.17. The fourth-order valence-electron chi connectivity index (χ4n) is 1.94. The van der Waals surface area contributed by atoms with Crippen LogP contribution in [0.1, 0.15) is 37.6 Å². The first-order valence-corrected chi connectivity index (χ1v) is 5.54. The molecule has 0 spiro atoms. The second-order valence-corrected chi connectivity index (χ2v) is 5.45. The van der Waals surface area contributed by atoms with E-state index in [9.17, 15) is 5.11 Å². The topological polar surface area (TPSA) is 20.2 Å². The van der Waals surface area contributed by atoms with Gasteiger partial charge in [-0.15, -0.1) is 11.3 Å². The average Bonchev–Trinajstić information content (AvgIpc) is 2.32. The van der Waals surface area contributed by atoms with Crippen molar-refractivity contribution in [1.82, 2.24) is 0 Å². The first kappa shape index (κ1) is 10.7. The van der Waals surface area contributed by atoms with Crippen molar-refractivity contribution < 1.29 is 5.11 Å². The molecule has 1 rings (SSSR count). The predicted molar refractivity (Wildman–Crippen MR) is 58.4 cm³/mol. The van der Waals surface area contributed by atoms with Gasteiger partial charge in [0.15, 0.2) is 0 Å². The summed E-state index contributed by atoms with van der Waals surface area (Å²) < 4.78 is 0. The summed E-state index contributed by atoms with van der Waals surface area (Å²) in [5.74, 6) is 0. The van der Waals surface area contributed by atoms with Gasteiger partial charge >= 0.3 is 0 Å². The third kappa shape index (κ3) is 2.55. The van der Waals surface area contributed by atoms with Crippen molar-refractivity contribution in [3.05, 3.63) is 21.9 Å². The van der Waals surface area contributed by atoms with E-state index in [0.717, 1.165) is 6.42 Å². The fraction of sp³-hybridized carbons (Fsp3) is 0.636. The summed E-state index contributed by atoms with van der Waals surface area (Å²) in [6.45, 7) is 8.37. The molecule has 74 valence electrons. The maximum atomic E-state index is 9.38. The fourth-order valence-corrected chi connectivity index (χ4v) is 2.82. The zero-order chi connectivity index (χ0) is 10.1. The van der Waals surface area contributed by atoms with Gasteiger partial charge in [0.1, 0.15) is 0 Å². The van der Waals surface area contributed by atoms with Gasteiger partial charge in [-0.2, -0.15) is 0 Å². The van der Waals surface area contributed by atoms with Gasteiger partial charge in [-0.25, -0.2) is 0 Å². The molecule has 0 radical (unpaired) electrons. The molecule has 1 unspecified atom stereocenters. The van der Waals surface area contributed by atoms with E-state index >= 15 is 0 Å². The van der Waals surface area contributed by atoms with E-state index in [1.807, 2.05) is 6.92 Å². The molecule has 0 aromatic carbocycles. The van der Waals surface area contributed by atoms with Crippen LogP contribution in [0.2, 0.25) is 0 Å². The molecule has 1 aromatic rings. The molecule has 13 heavy (non-hydrogen) atoms. The van der Waals surface area contributed by atoms with Crippen LogP contribution in [0.15, 0.2) is 11.4 Å². The van der Waals surface area contributed by atoms with Crippen LogP contribution in [0.25, 0.3) is 0 Å². The van der Waals surface area contributed by atoms with E-state index in [-0.39, 0.29) is 11.5 Å². The van der Waals surface area contributed by atoms with Crippen LogP contribution in [0.3, 0.4) is 0 Å². The third-order valence-corrected chi connectivity index (χ3v) is 3.24. The number of thiophene rings is 1. The van der Waals surface area contributed by atoms with Crippen molar-refractivity contribution in [2.45, 2.75) is 45.6 Å². The summed E-state index contributed by atoms with van der Waals surface area (Å²) in [6.07, 6.45) is 0.596. The lowest BCUT2D eigenvalue weighted by Crippen LogP contribution is -2.23. The maximum absolute atomic E-state index is 9.38. The number of aliphatic hydroxyl groups is 1. The van der Waals surface area contributed by atoms with Crippen molar-refractivity contribution in [1.29, 1.82) is 0 Å². The zero-order valence-corrected chi connectivity index (χ0v) is 9.61. The minimum absolute atomic E-state index is 0.0955. The molecule has 0 saturated carbocycles. The highest BCUT2D eigenvalue weighted by molar-refractivity contribution is 7.10. The lowest BCUT2D eigenvalue weighted by Gasteiger charge is -2.26. The monoisotopic (exact) mass is 198 g/mol. The summed E-state index contributed by atoms with van der Waals surface area (Å²) in [5.41, 5.74) is 1.47. The first-order chi connectivity index (χ1) is 5.93. The molecule has 1 aromatic heterocycles. The largest absolute Gasteiger partial charge is 0.393 e. The van der Waals surface area contributed by atoms with Crippen molar-refractivity contribution >= 4 is 11.3 Å². The molecular formula is C11H18OS. The maximum Gasteiger partial charge on any atom is 0.0520 e. The van der Waals surface area contributed by atoms with Crippen LogP contribution in [0, 0.1) is 6.92 Å². The van der Waals surface area contributed by atoms with Crippen molar-refractivity contribution in [3.63, 3.8) is 0 Å². The summed E-state index contributed by atoms with van der Waals surface area (Å²) >= 11 is 1.78. The Bertz CT molecular complexity index is 273. The molecule has 1 heterocycles. The van der Waals surface area contributed by atoms with E-state index in [1.165, 1.54) is 10.4 Å². The van der Waals surface area contributed by atoms with Gasteiger partial charge in [0.2, 0.25) is 0 Å². The second-order valence-electron chi connectivity index (χ2n) is 4.33. The predicted octanol–water partition coefficient (Wildman–Crippen LogP) is 3.11. The molecule has 0 fully saturated rings. The Labute approximate surface area is 84.4 Å². The Morgan fingerprint density at radius 2 is 2.15 bits per heavy atom. The summed E-state index contributed by atoms with van der Waals surface area (Å²) in [7, 11) is 0. The molecule has 1 N–H and O–H groups in total. The first-order valence-electron chi connectivity index (χ1n) is 4.66. The van der Waals surface area contributed by atoms with Gasteiger partial charge in [-0.1, -0.05) is 13.8 Å². The Morgan fingerprint density at radius 1 is 1.54 bits per heavy atom. The molecule has 0 saturated heterocycles. The minimum Gasteiger partial charge on any atom is -0.393 e. The van der Waals surface area contributed by atoms with E-state index in [2.05, 4.69) is 32.2 Å². The van der Waals surface area contributed by atoms with Gasteiger partial charge in [-0.3, -0.25) is 0 Å². The van der Waals surface area contributed by atoms with Gasteiger partial charge in [0.05, 0.1) is 6.10 Å². The molecule has 0 amide bonds. The average molecular weight is 198 g/mol. The Balaban J connectivity index is 2.87. The SMILES string of the molecule is Cc1sccc1C(C)(C)CC(C)O. The van der Waals surface area contributed by atoms with Gasteiger partial charge < -0.3 is 5.11 Å². The molecule has 1 atom stereocenters. The highest BCUT2D eigenvalue weighted by Crippen LogP contribution is 2.33. The zero-order valence-electron chi connectivity index (χ0n) is 8.79. The van der Waals surface area contributed by atoms with Gasteiger partial charge in [0, 0.05) is 4.88 Å². The lowest BCUT2D eigenvalue weighted by molar-refractivity contribution is 0.157. The number of aliphatic hydroxyl groups excluding tert-OH is 1. The number of hydrogen-bond donors (Lipinski definition) is 1. The summed E-state index contributed by atoms with van der Waals surface area (Å²) in [5, 5.41) is 11.5. The lowest BCUT2D eigenvalue weighted by atomic mass is 9.80. The molecule has 0 aliphatic rings. The smallest absolute Gasteiger partial charge is 0.0520 e. The van der Waals surface area contributed by atoms with Crippen LogP contribution >= 0.6 is 11.3 Å². The molecule has 0 aliphatic carbocycles. The highest BCUT2D eigenvalue weighted by Gasteiger charge is 2.24.